The monoisotopic (exact) mass is 600 g/mol. The van der Waals surface area contributed by atoms with E-state index in [4.69, 9.17) is 4.74 Å². The minimum absolute atomic E-state index is 0.110. The Hall–Kier alpha value is -4.54. The molecule has 0 fully saturated rings. The second-order valence-corrected chi connectivity index (χ2v) is 13.8. The second-order valence-electron chi connectivity index (χ2n) is 13.8. The van der Waals surface area contributed by atoms with Gasteiger partial charge in [-0.2, -0.15) is 0 Å². The first-order valence-corrected chi connectivity index (χ1v) is 15.5. The van der Waals surface area contributed by atoms with Crippen LogP contribution in [0.25, 0.3) is 20.9 Å². The lowest BCUT2D eigenvalue weighted by Gasteiger charge is -2.35. The molecule has 0 radical (unpaired) electrons. The molecule has 4 atom stereocenters. The van der Waals surface area contributed by atoms with Crippen LogP contribution >= 0.6 is 0 Å². The van der Waals surface area contributed by atoms with Crippen molar-refractivity contribution in [1.82, 2.24) is 0 Å². The van der Waals surface area contributed by atoms with Crippen LogP contribution in [-0.2, 0) is 15.6 Å². The van der Waals surface area contributed by atoms with Gasteiger partial charge in [0.05, 0.1) is 12.2 Å². The summed E-state index contributed by atoms with van der Waals surface area (Å²) in [6, 6.07) is 32.7. The fourth-order valence-corrected chi connectivity index (χ4v) is 5.71. The minimum atomic E-state index is -0.501. The predicted octanol–water partition coefficient (Wildman–Crippen LogP) is 12.6. The van der Waals surface area contributed by atoms with Crippen LogP contribution in [0.5, 0.6) is 0 Å². The minimum Gasteiger partial charge on any atom is -0.364 e. The molecule has 4 rings (SSSR count). The van der Waals surface area contributed by atoms with Gasteiger partial charge in [0.25, 0.3) is 0 Å². The van der Waals surface area contributed by atoms with E-state index < -0.39 is 12.2 Å². The summed E-state index contributed by atoms with van der Waals surface area (Å²) in [6.45, 7) is 17.1. The zero-order chi connectivity index (χ0) is 32.8. The van der Waals surface area contributed by atoms with E-state index in [1.165, 1.54) is 0 Å². The maximum atomic E-state index is 9.63. The maximum absolute atomic E-state index is 9.63. The van der Waals surface area contributed by atoms with Gasteiger partial charge in [-0.3, -0.25) is 0 Å². The standard InChI is InChI=1S/C38H44N6O/c1-25(27-15-11-9-12-16-27)35(31-21-19-29(37(3,4)5)23-33(31)41-43-39)45-36(26(2)28-17-13-10-14-18-28)32-22-20-30(38(6,7)8)24-34(32)42-44-40/h9-26,35-36H,1-8H3. The first kappa shape index (κ1) is 33.4. The van der Waals surface area contributed by atoms with Crippen LogP contribution in [0.1, 0.15) is 113 Å². The summed E-state index contributed by atoms with van der Waals surface area (Å²) < 4.78 is 7.31. The molecule has 0 aliphatic carbocycles. The maximum Gasteiger partial charge on any atom is 0.0903 e. The Bertz CT molecular complexity index is 1570. The highest BCUT2D eigenvalue weighted by atomic mass is 16.5. The second kappa shape index (κ2) is 14.0. The van der Waals surface area contributed by atoms with Gasteiger partial charge in [0, 0.05) is 33.0 Å². The van der Waals surface area contributed by atoms with E-state index in [2.05, 4.69) is 112 Å². The summed E-state index contributed by atoms with van der Waals surface area (Å²) in [6.07, 6.45) is -1.00. The Morgan fingerprint density at radius 1 is 0.556 bits per heavy atom. The Kier molecular flexibility index (Phi) is 10.4. The SMILES string of the molecule is CC(c1ccccc1)C(OC(c1ccc(C(C)(C)C)cc1N=[N+]=[N-])C(C)c1ccccc1)c1ccc(C(C)(C)C)cc1N=[N+]=[N-]. The summed E-state index contributed by atoms with van der Waals surface area (Å²) in [5, 5.41) is 8.36. The van der Waals surface area contributed by atoms with E-state index in [1.54, 1.807) is 0 Å². The van der Waals surface area contributed by atoms with Crippen molar-refractivity contribution in [3.8, 4) is 0 Å². The van der Waals surface area contributed by atoms with Gasteiger partial charge in [-0.25, -0.2) is 0 Å². The van der Waals surface area contributed by atoms with Gasteiger partial charge in [-0.15, -0.1) is 0 Å². The number of nitrogens with zero attached hydrogens (tertiary/aromatic N) is 6. The molecule has 4 aromatic rings. The lowest BCUT2D eigenvalue weighted by Crippen LogP contribution is -2.21. The Balaban J connectivity index is 1.97. The molecule has 45 heavy (non-hydrogen) atoms. The number of benzene rings is 4. The molecule has 7 heteroatoms. The Morgan fingerprint density at radius 2 is 0.911 bits per heavy atom. The molecule has 0 aliphatic heterocycles. The van der Waals surface area contributed by atoms with Crippen molar-refractivity contribution in [3.05, 3.63) is 151 Å². The van der Waals surface area contributed by atoms with Crippen molar-refractivity contribution in [1.29, 1.82) is 0 Å². The molecule has 0 aliphatic rings. The fraction of sp³-hybridized carbons (Fsp3) is 0.368. The van der Waals surface area contributed by atoms with Crippen molar-refractivity contribution >= 4 is 11.4 Å². The van der Waals surface area contributed by atoms with Crippen LogP contribution in [0.3, 0.4) is 0 Å². The molecule has 0 spiro atoms. The number of hydrogen-bond acceptors (Lipinski definition) is 3. The van der Waals surface area contributed by atoms with Crippen molar-refractivity contribution in [2.45, 2.75) is 90.3 Å². The van der Waals surface area contributed by atoms with Crippen LogP contribution in [-0.4, -0.2) is 0 Å². The number of azide groups is 2. The fourth-order valence-electron chi connectivity index (χ4n) is 5.71. The molecule has 7 nitrogen and oxygen atoms in total. The van der Waals surface area contributed by atoms with Gasteiger partial charge in [-0.1, -0.05) is 151 Å². The highest BCUT2D eigenvalue weighted by Gasteiger charge is 2.33. The third-order valence-corrected chi connectivity index (χ3v) is 8.56. The summed E-state index contributed by atoms with van der Waals surface area (Å²) >= 11 is 0. The Morgan fingerprint density at radius 3 is 1.22 bits per heavy atom. The summed E-state index contributed by atoms with van der Waals surface area (Å²) in [4.78, 5) is 6.42. The molecule has 0 saturated carbocycles. The van der Waals surface area contributed by atoms with E-state index >= 15 is 0 Å². The highest BCUT2D eigenvalue weighted by molar-refractivity contribution is 5.54. The zero-order valence-electron chi connectivity index (χ0n) is 27.6. The van der Waals surface area contributed by atoms with Crippen molar-refractivity contribution in [3.63, 3.8) is 0 Å². The summed E-state index contributed by atoms with van der Waals surface area (Å²) in [5.74, 6) is -0.219. The van der Waals surface area contributed by atoms with E-state index in [0.717, 1.165) is 33.4 Å². The smallest absolute Gasteiger partial charge is 0.0903 e. The van der Waals surface area contributed by atoms with Crippen LogP contribution < -0.4 is 0 Å². The predicted molar refractivity (Wildman–Crippen MR) is 184 cm³/mol. The van der Waals surface area contributed by atoms with Gasteiger partial charge in [0.15, 0.2) is 0 Å². The van der Waals surface area contributed by atoms with Crippen LogP contribution in [0, 0.1) is 0 Å². The Labute approximate surface area is 267 Å². The molecule has 4 unspecified atom stereocenters. The summed E-state index contributed by atoms with van der Waals surface area (Å²) in [5.41, 5.74) is 26.0. The molecule has 232 valence electrons. The lowest BCUT2D eigenvalue weighted by molar-refractivity contribution is -0.0382. The largest absolute Gasteiger partial charge is 0.364 e. The van der Waals surface area contributed by atoms with E-state index in [1.807, 2.05) is 60.7 Å². The highest BCUT2D eigenvalue weighted by Crippen LogP contribution is 2.48. The third kappa shape index (κ3) is 7.95. The van der Waals surface area contributed by atoms with E-state index in [-0.39, 0.29) is 22.7 Å². The van der Waals surface area contributed by atoms with Crippen molar-refractivity contribution < 1.29 is 4.74 Å². The lowest BCUT2D eigenvalue weighted by atomic mass is 9.82. The van der Waals surface area contributed by atoms with E-state index in [9.17, 15) is 11.1 Å². The molecular formula is C38H44N6O. The average molecular weight is 601 g/mol. The molecule has 4 aromatic carbocycles. The normalized spacial score (nSPS) is 14.4. The van der Waals surface area contributed by atoms with E-state index in [0.29, 0.717) is 11.4 Å². The van der Waals surface area contributed by atoms with Gasteiger partial charge in [0.1, 0.15) is 0 Å². The number of hydrogen-bond donors (Lipinski definition) is 0. The van der Waals surface area contributed by atoms with Crippen molar-refractivity contribution in [2.24, 2.45) is 10.2 Å². The molecule has 0 aromatic heterocycles. The first-order chi connectivity index (χ1) is 21.3. The molecule has 0 amide bonds. The van der Waals surface area contributed by atoms with Gasteiger partial charge >= 0.3 is 0 Å². The summed E-state index contributed by atoms with van der Waals surface area (Å²) in [7, 11) is 0. The average Bonchev–Trinajstić information content (AvgIpc) is 3.02. The molecule has 0 heterocycles. The van der Waals surface area contributed by atoms with Crippen LogP contribution in [0.4, 0.5) is 11.4 Å². The molecule has 0 N–H and O–H groups in total. The topological polar surface area (TPSA) is 107 Å². The molecule has 0 saturated heterocycles. The zero-order valence-corrected chi connectivity index (χ0v) is 27.6. The quantitative estimate of drug-likeness (QED) is 0.101. The van der Waals surface area contributed by atoms with Crippen molar-refractivity contribution in [2.75, 3.05) is 0 Å². The third-order valence-electron chi connectivity index (χ3n) is 8.56. The van der Waals surface area contributed by atoms with Gasteiger partial charge in [-0.05, 0) is 67.4 Å². The number of rotatable bonds is 10. The van der Waals surface area contributed by atoms with Gasteiger partial charge in [0.2, 0.25) is 0 Å². The first-order valence-electron chi connectivity index (χ1n) is 15.5. The molecule has 0 bridgehead atoms. The number of ether oxygens (including phenoxy) is 1. The van der Waals surface area contributed by atoms with Crippen LogP contribution in [0.15, 0.2) is 107 Å². The van der Waals surface area contributed by atoms with Gasteiger partial charge < -0.3 is 4.74 Å². The van der Waals surface area contributed by atoms with Crippen LogP contribution in [0.2, 0.25) is 0 Å². The molecular weight excluding hydrogens is 556 g/mol.